The van der Waals surface area contributed by atoms with Crippen LogP contribution in [-0.4, -0.2) is 41.3 Å². The van der Waals surface area contributed by atoms with Gasteiger partial charge in [-0.05, 0) is 58.6 Å². The van der Waals surface area contributed by atoms with E-state index >= 15 is 0 Å². The lowest BCUT2D eigenvalue weighted by molar-refractivity contribution is 0.0722. The predicted octanol–water partition coefficient (Wildman–Crippen LogP) is 4.35. The molecule has 0 aliphatic carbocycles. The SMILES string of the molecule is CN(C(=O)c1ccccc1Br)[C@H](CCNC(=O)c1ccccn1)Cc1ccccc1. The molecule has 3 aromatic rings. The first-order chi connectivity index (χ1) is 14.6. The molecule has 0 unspecified atom stereocenters. The molecule has 0 spiro atoms. The van der Waals surface area contributed by atoms with E-state index in [1.54, 1.807) is 29.3 Å². The number of hydrogen-bond donors (Lipinski definition) is 1. The minimum atomic E-state index is -0.214. The molecule has 2 aromatic carbocycles. The molecule has 0 saturated heterocycles. The smallest absolute Gasteiger partial charge is 0.269 e. The van der Waals surface area contributed by atoms with Gasteiger partial charge in [0.25, 0.3) is 11.8 Å². The van der Waals surface area contributed by atoms with Crippen LogP contribution in [0.15, 0.2) is 83.5 Å². The number of aromatic nitrogens is 1. The van der Waals surface area contributed by atoms with Gasteiger partial charge >= 0.3 is 0 Å². The van der Waals surface area contributed by atoms with Gasteiger partial charge in [-0.3, -0.25) is 14.6 Å². The van der Waals surface area contributed by atoms with Crippen molar-refractivity contribution in [1.82, 2.24) is 15.2 Å². The summed E-state index contributed by atoms with van der Waals surface area (Å²) < 4.78 is 0.767. The van der Waals surface area contributed by atoms with Crippen molar-refractivity contribution >= 4 is 27.7 Å². The first-order valence-electron chi connectivity index (χ1n) is 9.81. The predicted molar refractivity (Wildman–Crippen MR) is 121 cm³/mol. The minimum Gasteiger partial charge on any atom is -0.351 e. The summed E-state index contributed by atoms with van der Waals surface area (Å²) in [7, 11) is 1.82. The highest BCUT2D eigenvalue weighted by Gasteiger charge is 2.23. The van der Waals surface area contributed by atoms with E-state index in [2.05, 4.69) is 38.4 Å². The van der Waals surface area contributed by atoms with Gasteiger partial charge in [0.15, 0.2) is 0 Å². The van der Waals surface area contributed by atoms with E-state index in [9.17, 15) is 9.59 Å². The Hall–Kier alpha value is -2.99. The zero-order valence-electron chi connectivity index (χ0n) is 16.8. The minimum absolute atomic E-state index is 0.0561. The molecule has 6 heteroatoms. The van der Waals surface area contributed by atoms with Gasteiger partial charge in [0.2, 0.25) is 0 Å². The van der Waals surface area contributed by atoms with Crippen LogP contribution in [0.25, 0.3) is 0 Å². The van der Waals surface area contributed by atoms with Crippen molar-refractivity contribution < 1.29 is 9.59 Å². The van der Waals surface area contributed by atoms with Gasteiger partial charge in [-0.2, -0.15) is 0 Å². The highest BCUT2D eigenvalue weighted by molar-refractivity contribution is 9.10. The molecule has 3 rings (SSSR count). The fourth-order valence-electron chi connectivity index (χ4n) is 3.25. The van der Waals surface area contributed by atoms with Crippen molar-refractivity contribution in [2.45, 2.75) is 18.9 Å². The van der Waals surface area contributed by atoms with Crippen LogP contribution in [0.3, 0.4) is 0 Å². The average molecular weight is 466 g/mol. The third-order valence-electron chi connectivity index (χ3n) is 4.95. The van der Waals surface area contributed by atoms with Crippen LogP contribution in [0, 0.1) is 0 Å². The first kappa shape index (κ1) is 21.7. The Kier molecular flexibility index (Phi) is 7.74. The van der Waals surface area contributed by atoms with Gasteiger partial charge in [0, 0.05) is 30.3 Å². The Labute approximate surface area is 185 Å². The molecular weight excluding hydrogens is 442 g/mol. The summed E-state index contributed by atoms with van der Waals surface area (Å²) in [5, 5.41) is 2.91. The Morgan fingerprint density at radius 2 is 1.70 bits per heavy atom. The number of carbonyl (C=O) groups excluding carboxylic acids is 2. The topological polar surface area (TPSA) is 62.3 Å². The fourth-order valence-corrected chi connectivity index (χ4v) is 3.70. The summed E-state index contributed by atoms with van der Waals surface area (Å²) in [5.41, 5.74) is 2.15. The van der Waals surface area contributed by atoms with Crippen LogP contribution < -0.4 is 5.32 Å². The maximum Gasteiger partial charge on any atom is 0.269 e. The standard InChI is InChI=1S/C24H24BrN3O2/c1-28(24(30)20-11-5-6-12-21(20)25)19(17-18-9-3-2-4-10-18)14-16-27-23(29)22-13-7-8-15-26-22/h2-13,15,19H,14,16-17H2,1H3,(H,27,29)/t19-/m1/s1. The summed E-state index contributed by atoms with van der Waals surface area (Å²) >= 11 is 3.47. The third-order valence-corrected chi connectivity index (χ3v) is 5.64. The molecule has 5 nitrogen and oxygen atoms in total. The second-order valence-electron chi connectivity index (χ2n) is 7.00. The molecule has 0 aliphatic heterocycles. The van der Waals surface area contributed by atoms with E-state index < -0.39 is 0 Å². The van der Waals surface area contributed by atoms with Crippen molar-refractivity contribution in [1.29, 1.82) is 0 Å². The lowest BCUT2D eigenvalue weighted by Gasteiger charge is -2.29. The molecule has 0 radical (unpaired) electrons. The number of pyridine rings is 1. The number of hydrogen-bond acceptors (Lipinski definition) is 3. The van der Waals surface area contributed by atoms with E-state index in [0.29, 0.717) is 30.6 Å². The maximum absolute atomic E-state index is 13.1. The third kappa shape index (κ3) is 5.76. The fraction of sp³-hybridized carbons (Fsp3) is 0.208. The van der Waals surface area contributed by atoms with Gasteiger partial charge in [-0.25, -0.2) is 0 Å². The van der Waals surface area contributed by atoms with Crippen molar-refractivity contribution in [3.63, 3.8) is 0 Å². The zero-order valence-corrected chi connectivity index (χ0v) is 18.4. The number of amides is 2. The van der Waals surface area contributed by atoms with Gasteiger partial charge in [-0.15, -0.1) is 0 Å². The molecule has 0 bridgehead atoms. The molecule has 0 fully saturated rings. The summed E-state index contributed by atoms with van der Waals surface area (Å²) in [6.07, 6.45) is 2.92. The van der Waals surface area contributed by atoms with Crippen molar-refractivity contribution in [2.24, 2.45) is 0 Å². The molecule has 1 heterocycles. The van der Waals surface area contributed by atoms with E-state index in [1.165, 1.54) is 0 Å². The largest absolute Gasteiger partial charge is 0.351 e. The van der Waals surface area contributed by atoms with Gasteiger partial charge in [0.1, 0.15) is 5.69 Å². The van der Waals surface area contributed by atoms with E-state index in [-0.39, 0.29) is 17.9 Å². The molecule has 0 saturated carbocycles. The van der Waals surface area contributed by atoms with Crippen molar-refractivity contribution in [3.05, 3.63) is 100 Å². The van der Waals surface area contributed by atoms with Gasteiger partial charge < -0.3 is 10.2 Å². The lowest BCUT2D eigenvalue weighted by atomic mass is 10.0. The van der Waals surface area contributed by atoms with E-state index in [0.717, 1.165) is 10.0 Å². The quantitative estimate of drug-likeness (QED) is 0.537. The van der Waals surface area contributed by atoms with Crippen LogP contribution in [0.2, 0.25) is 0 Å². The molecule has 154 valence electrons. The molecule has 30 heavy (non-hydrogen) atoms. The second-order valence-corrected chi connectivity index (χ2v) is 7.85. The molecule has 1 atom stereocenters. The van der Waals surface area contributed by atoms with E-state index in [1.807, 2.05) is 49.5 Å². The summed E-state index contributed by atoms with van der Waals surface area (Å²) in [5.74, 6) is -0.270. The number of halogens is 1. The lowest BCUT2D eigenvalue weighted by Crippen LogP contribution is -2.41. The second kappa shape index (κ2) is 10.7. The Morgan fingerprint density at radius 1 is 1.00 bits per heavy atom. The average Bonchev–Trinajstić information content (AvgIpc) is 2.79. The Balaban J connectivity index is 1.70. The van der Waals surface area contributed by atoms with Crippen LogP contribution in [0.1, 0.15) is 32.8 Å². The molecule has 1 aromatic heterocycles. The number of rotatable bonds is 8. The molecular formula is C24H24BrN3O2. The molecule has 1 N–H and O–H groups in total. The van der Waals surface area contributed by atoms with Crippen LogP contribution >= 0.6 is 15.9 Å². The Bertz CT molecular complexity index is 980. The van der Waals surface area contributed by atoms with Gasteiger partial charge in [0.05, 0.1) is 5.56 Å². The number of nitrogens with zero attached hydrogens (tertiary/aromatic N) is 2. The molecule has 0 aliphatic rings. The number of nitrogens with one attached hydrogen (secondary N) is 1. The monoisotopic (exact) mass is 465 g/mol. The van der Waals surface area contributed by atoms with Crippen LogP contribution in [0.5, 0.6) is 0 Å². The Morgan fingerprint density at radius 3 is 2.40 bits per heavy atom. The van der Waals surface area contributed by atoms with E-state index in [4.69, 9.17) is 0 Å². The van der Waals surface area contributed by atoms with Crippen molar-refractivity contribution in [2.75, 3.05) is 13.6 Å². The highest BCUT2D eigenvalue weighted by atomic mass is 79.9. The summed E-state index contributed by atoms with van der Waals surface area (Å²) in [6.45, 7) is 0.445. The zero-order chi connectivity index (χ0) is 21.3. The highest BCUT2D eigenvalue weighted by Crippen LogP contribution is 2.20. The summed E-state index contributed by atoms with van der Waals surface area (Å²) in [4.78, 5) is 31.2. The number of carbonyl (C=O) groups is 2. The van der Waals surface area contributed by atoms with Crippen molar-refractivity contribution in [3.8, 4) is 0 Å². The molecule has 2 amide bonds. The number of benzene rings is 2. The normalized spacial score (nSPS) is 11.5. The maximum atomic E-state index is 13.1. The van der Waals surface area contributed by atoms with Crippen LogP contribution in [-0.2, 0) is 6.42 Å². The van der Waals surface area contributed by atoms with Crippen LogP contribution in [0.4, 0.5) is 0 Å². The van der Waals surface area contributed by atoms with Gasteiger partial charge in [-0.1, -0.05) is 48.5 Å². The first-order valence-corrected chi connectivity index (χ1v) is 10.6. The number of likely N-dealkylation sites (N-methyl/N-ethyl adjacent to an activating group) is 1. The summed E-state index contributed by atoms with van der Waals surface area (Å²) in [6, 6.07) is 22.6.